The van der Waals surface area contributed by atoms with Crippen molar-refractivity contribution in [3.63, 3.8) is 0 Å². The second-order valence-electron chi connectivity index (χ2n) is 10.5. The highest BCUT2D eigenvalue weighted by Crippen LogP contribution is 2.78. The second kappa shape index (κ2) is 5.93. The van der Waals surface area contributed by atoms with Crippen LogP contribution in [-0.4, -0.2) is 73.4 Å². The first-order valence-electron chi connectivity index (χ1n) is 11.8. The Morgan fingerprint density at radius 3 is 2.73 bits per heavy atom. The third kappa shape index (κ3) is 1.82. The Balaban J connectivity index is 1.62. The minimum absolute atomic E-state index is 0.0571. The molecule has 5 fully saturated rings. The number of nitrogens with zero attached hydrogens (tertiary/aromatic N) is 2. The summed E-state index contributed by atoms with van der Waals surface area (Å²) in [6.45, 7) is 1.90. The number of anilines is 1. The second-order valence-corrected chi connectivity index (χ2v) is 10.5. The van der Waals surface area contributed by atoms with Crippen LogP contribution in [0.5, 0.6) is 11.5 Å². The van der Waals surface area contributed by atoms with E-state index in [1.165, 1.54) is 14.2 Å². The Hall–Kier alpha value is -2.52. The molecular weight excluding hydrogens is 428 g/mol. The molecule has 2 bridgehead atoms. The number of amides is 1. The molecule has 3 spiro atoms. The predicted molar refractivity (Wildman–Crippen MR) is 114 cm³/mol. The number of carbonyl (C=O) groups is 2. The van der Waals surface area contributed by atoms with Gasteiger partial charge in [0.1, 0.15) is 5.54 Å². The molecule has 0 aromatic heterocycles. The third-order valence-electron chi connectivity index (χ3n) is 9.82. The molecule has 33 heavy (non-hydrogen) atoms. The molecule has 4 aliphatic heterocycles. The summed E-state index contributed by atoms with van der Waals surface area (Å²) in [6, 6.07) is 4.02. The van der Waals surface area contributed by atoms with Crippen LogP contribution in [0, 0.1) is 5.41 Å². The summed E-state index contributed by atoms with van der Waals surface area (Å²) in [5.74, 6) is 0.354. The molecule has 0 radical (unpaired) electrons. The van der Waals surface area contributed by atoms with Crippen molar-refractivity contribution >= 4 is 17.7 Å². The first-order valence-corrected chi connectivity index (χ1v) is 11.8. The van der Waals surface area contributed by atoms with Crippen LogP contribution in [0.2, 0.25) is 0 Å². The van der Waals surface area contributed by atoms with Crippen molar-refractivity contribution in [3.05, 3.63) is 17.7 Å². The van der Waals surface area contributed by atoms with E-state index in [0.29, 0.717) is 23.6 Å². The standard InChI is InChI=1S/C24H28N2O7/c1-30-19(27)23(29)12-21-6-3-10-25-11-9-22(18(21)25)14-4-5-15-17(33-13-32-15)16(14)26(20(28)31-2)24(22,23)8-7-21/h4-5,18,29H,3,6-13H2,1-2H3/t18-,21+,22+,23+,24?/m0/s1. The van der Waals surface area contributed by atoms with Crippen LogP contribution in [0.25, 0.3) is 0 Å². The van der Waals surface area contributed by atoms with E-state index in [2.05, 4.69) is 4.90 Å². The molecule has 1 unspecified atom stereocenters. The lowest BCUT2D eigenvalue weighted by atomic mass is 9.37. The first kappa shape index (κ1) is 19.9. The van der Waals surface area contributed by atoms with Crippen molar-refractivity contribution in [3.8, 4) is 11.5 Å². The first-order chi connectivity index (χ1) is 15.9. The van der Waals surface area contributed by atoms with E-state index in [4.69, 9.17) is 18.9 Å². The Morgan fingerprint density at radius 2 is 1.94 bits per heavy atom. The van der Waals surface area contributed by atoms with Gasteiger partial charge in [-0.25, -0.2) is 9.59 Å². The van der Waals surface area contributed by atoms with Crippen LogP contribution < -0.4 is 14.4 Å². The molecule has 5 atom stereocenters. The van der Waals surface area contributed by atoms with Gasteiger partial charge in [-0.05, 0) is 68.7 Å². The largest absolute Gasteiger partial charge is 0.467 e. The number of benzene rings is 1. The third-order valence-corrected chi connectivity index (χ3v) is 9.82. The summed E-state index contributed by atoms with van der Waals surface area (Å²) in [4.78, 5) is 31.1. The highest BCUT2D eigenvalue weighted by Gasteiger charge is 2.87. The number of methoxy groups -OCH3 is 2. The number of esters is 1. The van der Waals surface area contributed by atoms with Gasteiger partial charge in [-0.15, -0.1) is 0 Å². The number of rotatable bonds is 1. The monoisotopic (exact) mass is 456 g/mol. The van der Waals surface area contributed by atoms with Gasteiger partial charge in [0.15, 0.2) is 17.1 Å². The molecule has 7 aliphatic rings. The van der Waals surface area contributed by atoms with Gasteiger partial charge in [0.05, 0.1) is 19.9 Å². The molecule has 4 heterocycles. The summed E-state index contributed by atoms with van der Waals surface area (Å²) in [7, 11) is 2.64. The van der Waals surface area contributed by atoms with Crippen molar-refractivity contribution in [1.29, 1.82) is 0 Å². The molecule has 3 saturated carbocycles. The lowest BCUT2D eigenvalue weighted by Gasteiger charge is -2.71. The van der Waals surface area contributed by atoms with Crippen molar-refractivity contribution in [2.75, 3.05) is 39.0 Å². The van der Waals surface area contributed by atoms with Crippen LogP contribution in [0.15, 0.2) is 12.1 Å². The number of piperidine rings is 1. The van der Waals surface area contributed by atoms with Crippen LogP contribution in [-0.2, 0) is 19.7 Å². The van der Waals surface area contributed by atoms with Crippen molar-refractivity contribution in [2.24, 2.45) is 5.41 Å². The zero-order chi connectivity index (χ0) is 22.8. The van der Waals surface area contributed by atoms with Crippen molar-refractivity contribution < 1.29 is 33.6 Å². The van der Waals surface area contributed by atoms with Crippen LogP contribution in [0.3, 0.4) is 0 Å². The Labute approximate surface area is 191 Å². The van der Waals surface area contributed by atoms with E-state index in [-0.39, 0.29) is 24.7 Å². The summed E-state index contributed by atoms with van der Waals surface area (Å²) in [5, 5.41) is 12.5. The van der Waals surface area contributed by atoms with E-state index in [9.17, 15) is 14.7 Å². The van der Waals surface area contributed by atoms with Gasteiger partial charge in [0.25, 0.3) is 0 Å². The number of aliphatic hydroxyl groups is 1. The molecule has 9 nitrogen and oxygen atoms in total. The lowest BCUT2D eigenvalue weighted by Crippen LogP contribution is -2.86. The molecule has 9 heteroatoms. The maximum Gasteiger partial charge on any atom is 0.414 e. The molecule has 1 aromatic rings. The van der Waals surface area contributed by atoms with Gasteiger partial charge in [0, 0.05) is 11.5 Å². The van der Waals surface area contributed by atoms with Crippen LogP contribution in [0.4, 0.5) is 10.5 Å². The topological polar surface area (TPSA) is 97.8 Å². The fourth-order valence-electron chi connectivity index (χ4n) is 9.15. The number of hydrogen-bond acceptors (Lipinski definition) is 8. The SMILES string of the molecule is COC(=O)N1c2c(ccc3c2OCO3)[C@@]23CCN4CCC[C@]5(CCC12[C@](O)(C(=O)OC)C5)[C@H]43. The smallest absolute Gasteiger partial charge is 0.414 e. The highest BCUT2D eigenvalue weighted by atomic mass is 16.7. The van der Waals surface area contributed by atoms with Crippen molar-refractivity contribution in [1.82, 2.24) is 4.90 Å². The summed E-state index contributed by atoms with van der Waals surface area (Å²) >= 11 is 0. The van der Waals surface area contributed by atoms with Crippen LogP contribution in [0.1, 0.15) is 44.1 Å². The summed E-state index contributed by atoms with van der Waals surface area (Å²) in [5.41, 5.74) is -2.45. The minimum Gasteiger partial charge on any atom is -0.467 e. The van der Waals surface area contributed by atoms with Gasteiger partial charge in [-0.1, -0.05) is 6.07 Å². The van der Waals surface area contributed by atoms with Crippen molar-refractivity contribution in [2.45, 2.75) is 61.1 Å². The Bertz CT molecular complexity index is 1110. The average molecular weight is 456 g/mol. The molecule has 8 rings (SSSR count). The van der Waals surface area contributed by atoms with Crippen LogP contribution >= 0.6 is 0 Å². The fraction of sp³-hybridized carbons (Fsp3) is 0.667. The number of hydrogen-bond donors (Lipinski definition) is 1. The maximum atomic E-state index is 13.6. The fourth-order valence-corrected chi connectivity index (χ4v) is 9.15. The predicted octanol–water partition coefficient (Wildman–Crippen LogP) is 1.93. The van der Waals surface area contributed by atoms with Gasteiger partial charge >= 0.3 is 12.1 Å². The average Bonchev–Trinajstić information content (AvgIpc) is 3.52. The number of carbonyl (C=O) groups excluding carboxylic acids is 2. The van der Waals surface area contributed by atoms with E-state index in [0.717, 1.165) is 44.3 Å². The van der Waals surface area contributed by atoms with Gasteiger partial charge in [-0.2, -0.15) is 0 Å². The molecule has 1 amide bonds. The Kier molecular flexibility index (Phi) is 3.58. The van der Waals surface area contributed by atoms with E-state index in [1.54, 1.807) is 4.90 Å². The lowest BCUT2D eigenvalue weighted by molar-refractivity contribution is -0.227. The normalized spacial score (nSPS) is 41.4. The quantitative estimate of drug-likeness (QED) is 0.641. The molecule has 1 N–H and O–H groups in total. The molecular formula is C24H28N2O7. The van der Waals surface area contributed by atoms with E-state index >= 15 is 0 Å². The molecule has 176 valence electrons. The van der Waals surface area contributed by atoms with Gasteiger partial charge in [-0.3, -0.25) is 9.80 Å². The van der Waals surface area contributed by atoms with Gasteiger partial charge < -0.3 is 24.1 Å². The van der Waals surface area contributed by atoms with E-state index in [1.807, 2.05) is 12.1 Å². The highest BCUT2D eigenvalue weighted by molar-refractivity contribution is 6.01. The van der Waals surface area contributed by atoms with Gasteiger partial charge in [0.2, 0.25) is 6.79 Å². The minimum atomic E-state index is -1.87. The Morgan fingerprint density at radius 1 is 1.09 bits per heavy atom. The number of ether oxygens (including phenoxy) is 4. The summed E-state index contributed by atoms with van der Waals surface area (Å²) in [6.07, 6.45) is 3.70. The zero-order valence-electron chi connectivity index (χ0n) is 18.9. The van der Waals surface area contributed by atoms with E-state index < -0.39 is 28.6 Å². The summed E-state index contributed by atoms with van der Waals surface area (Å²) < 4.78 is 22.1. The molecule has 2 saturated heterocycles. The number of fused-ring (bicyclic) bond motifs is 5. The molecule has 1 aromatic carbocycles. The zero-order valence-corrected chi connectivity index (χ0v) is 18.9. The molecule has 3 aliphatic carbocycles. The maximum absolute atomic E-state index is 13.6.